The molecule has 1 heterocycles. The average molecular weight is 412 g/mol. The van der Waals surface area contributed by atoms with Gasteiger partial charge in [0.2, 0.25) is 5.91 Å². The van der Waals surface area contributed by atoms with Crippen LogP contribution in [0.5, 0.6) is 0 Å². The lowest BCUT2D eigenvalue weighted by Gasteiger charge is -2.21. The predicted octanol–water partition coefficient (Wildman–Crippen LogP) is 5.30. The highest BCUT2D eigenvalue weighted by atomic mass is 32.2. The maximum Gasteiger partial charge on any atom is 0.237 e. The van der Waals surface area contributed by atoms with Gasteiger partial charge in [0.1, 0.15) is 5.82 Å². The molecule has 0 N–H and O–H groups in total. The van der Waals surface area contributed by atoms with Crippen molar-refractivity contribution in [2.24, 2.45) is 0 Å². The summed E-state index contributed by atoms with van der Waals surface area (Å²) in [6, 6.07) is 16.2. The standard InChI is InChI=1S/C21H18FN3OS2/c1-15-7-9-16(10-8-15)18-13-27-21(24-18)28-14-20(26)25(12-4-11-23)19-6-3-2-5-17(19)22/h2-3,5-10,13H,4,12,14H2,1H3. The summed E-state index contributed by atoms with van der Waals surface area (Å²) in [6.45, 7) is 2.19. The second-order valence-corrected chi connectivity index (χ2v) is 8.14. The Morgan fingerprint density at radius 3 is 2.71 bits per heavy atom. The zero-order chi connectivity index (χ0) is 19.9. The van der Waals surface area contributed by atoms with Crippen molar-refractivity contribution in [3.05, 3.63) is 65.3 Å². The monoisotopic (exact) mass is 411 g/mol. The van der Waals surface area contributed by atoms with Crippen LogP contribution in [-0.4, -0.2) is 23.2 Å². The number of nitriles is 1. The maximum atomic E-state index is 14.1. The van der Waals surface area contributed by atoms with E-state index in [0.29, 0.717) is 0 Å². The molecule has 0 aliphatic rings. The van der Waals surface area contributed by atoms with E-state index in [1.54, 1.807) is 18.2 Å². The number of aryl methyl sites for hydroxylation is 1. The molecule has 0 bridgehead atoms. The number of benzene rings is 2. The van der Waals surface area contributed by atoms with Crippen molar-refractivity contribution in [2.75, 3.05) is 17.2 Å². The number of para-hydroxylation sites is 1. The molecule has 0 aliphatic heterocycles. The Bertz CT molecular complexity index is 995. The smallest absolute Gasteiger partial charge is 0.237 e. The van der Waals surface area contributed by atoms with Crippen LogP contribution in [0.2, 0.25) is 0 Å². The molecule has 1 amide bonds. The highest BCUT2D eigenvalue weighted by Crippen LogP contribution is 2.29. The van der Waals surface area contributed by atoms with Gasteiger partial charge in [-0.15, -0.1) is 11.3 Å². The van der Waals surface area contributed by atoms with Gasteiger partial charge >= 0.3 is 0 Å². The second kappa shape index (κ2) is 9.49. The number of halogens is 1. The molecule has 142 valence electrons. The van der Waals surface area contributed by atoms with Crippen LogP contribution in [-0.2, 0) is 4.79 Å². The molecular formula is C21H18FN3OS2. The molecular weight excluding hydrogens is 393 g/mol. The number of anilines is 1. The topological polar surface area (TPSA) is 57.0 Å². The Hall–Kier alpha value is -2.69. The lowest BCUT2D eigenvalue weighted by atomic mass is 10.1. The number of thioether (sulfide) groups is 1. The summed E-state index contributed by atoms with van der Waals surface area (Å²) >= 11 is 2.79. The van der Waals surface area contributed by atoms with E-state index in [0.717, 1.165) is 15.6 Å². The maximum absolute atomic E-state index is 14.1. The summed E-state index contributed by atoms with van der Waals surface area (Å²) in [5, 5.41) is 10.8. The van der Waals surface area contributed by atoms with Gasteiger partial charge in [0.15, 0.2) is 4.34 Å². The van der Waals surface area contributed by atoms with Crippen LogP contribution in [0.25, 0.3) is 11.3 Å². The van der Waals surface area contributed by atoms with Crippen LogP contribution in [0.15, 0.2) is 58.3 Å². The molecule has 0 aliphatic carbocycles. The molecule has 0 atom stereocenters. The second-order valence-electron chi connectivity index (χ2n) is 6.06. The molecule has 7 heteroatoms. The van der Waals surface area contributed by atoms with Crippen molar-refractivity contribution >= 4 is 34.7 Å². The Balaban J connectivity index is 1.68. The van der Waals surface area contributed by atoms with Gasteiger partial charge in [-0.3, -0.25) is 4.79 Å². The summed E-state index contributed by atoms with van der Waals surface area (Å²) in [5.74, 6) is -0.604. The van der Waals surface area contributed by atoms with Gasteiger partial charge in [0.25, 0.3) is 0 Å². The Labute approximate surface area is 171 Å². The molecule has 0 unspecified atom stereocenters. The van der Waals surface area contributed by atoms with Crippen LogP contribution < -0.4 is 4.90 Å². The SMILES string of the molecule is Cc1ccc(-c2csc(SCC(=O)N(CCC#N)c3ccccc3F)n2)cc1. The van der Waals surface area contributed by atoms with Crippen LogP contribution in [0, 0.1) is 24.1 Å². The number of carbonyl (C=O) groups is 1. The van der Waals surface area contributed by atoms with Crippen molar-refractivity contribution in [1.29, 1.82) is 5.26 Å². The number of hydrogen-bond acceptors (Lipinski definition) is 5. The fraction of sp³-hybridized carbons (Fsp3) is 0.190. The van der Waals surface area contributed by atoms with Crippen LogP contribution in [0.3, 0.4) is 0 Å². The van der Waals surface area contributed by atoms with Crippen molar-refractivity contribution < 1.29 is 9.18 Å². The molecule has 3 aromatic rings. The summed E-state index contributed by atoms with van der Waals surface area (Å²) in [5.41, 5.74) is 3.28. The van der Waals surface area contributed by atoms with E-state index in [2.05, 4.69) is 4.98 Å². The molecule has 3 rings (SSSR count). The van der Waals surface area contributed by atoms with E-state index in [9.17, 15) is 9.18 Å². The first-order valence-corrected chi connectivity index (χ1v) is 10.5. The van der Waals surface area contributed by atoms with E-state index in [-0.39, 0.29) is 30.3 Å². The normalized spacial score (nSPS) is 10.5. The lowest BCUT2D eigenvalue weighted by molar-refractivity contribution is -0.116. The third kappa shape index (κ3) is 4.97. The third-order valence-corrected chi connectivity index (χ3v) is 6.05. The minimum absolute atomic E-state index is 0.126. The van der Waals surface area contributed by atoms with E-state index in [1.807, 2.05) is 42.6 Å². The minimum atomic E-state index is -0.477. The highest BCUT2D eigenvalue weighted by Gasteiger charge is 2.19. The number of aromatic nitrogens is 1. The van der Waals surface area contributed by atoms with Crippen molar-refractivity contribution in [3.8, 4) is 17.3 Å². The molecule has 28 heavy (non-hydrogen) atoms. The van der Waals surface area contributed by atoms with Crippen LogP contribution in [0.1, 0.15) is 12.0 Å². The predicted molar refractivity (Wildman–Crippen MR) is 112 cm³/mol. The number of hydrogen-bond donors (Lipinski definition) is 0. The summed E-state index contributed by atoms with van der Waals surface area (Å²) < 4.78 is 14.9. The molecule has 0 spiro atoms. The van der Waals surface area contributed by atoms with Gasteiger partial charge in [-0.1, -0.05) is 53.7 Å². The quantitative estimate of drug-likeness (QED) is 0.495. The van der Waals surface area contributed by atoms with Crippen molar-refractivity contribution in [3.63, 3.8) is 0 Å². The average Bonchev–Trinajstić information content (AvgIpc) is 3.17. The van der Waals surface area contributed by atoms with Crippen LogP contribution >= 0.6 is 23.1 Å². The van der Waals surface area contributed by atoms with Crippen molar-refractivity contribution in [2.45, 2.75) is 17.7 Å². The molecule has 0 radical (unpaired) electrons. The Kier molecular flexibility index (Phi) is 6.80. The molecule has 0 fully saturated rings. The van der Waals surface area contributed by atoms with Gasteiger partial charge < -0.3 is 4.90 Å². The number of carbonyl (C=O) groups excluding carboxylic acids is 1. The fourth-order valence-electron chi connectivity index (χ4n) is 2.59. The summed E-state index contributed by atoms with van der Waals surface area (Å²) in [4.78, 5) is 18.6. The Morgan fingerprint density at radius 1 is 1.25 bits per heavy atom. The van der Waals surface area contributed by atoms with Gasteiger partial charge in [-0.2, -0.15) is 5.26 Å². The molecule has 1 aromatic heterocycles. The van der Waals surface area contributed by atoms with E-state index < -0.39 is 5.82 Å². The first-order chi connectivity index (χ1) is 13.6. The third-order valence-electron chi connectivity index (χ3n) is 4.04. The Morgan fingerprint density at radius 2 is 2.00 bits per heavy atom. The molecule has 2 aromatic carbocycles. The first-order valence-electron chi connectivity index (χ1n) is 8.65. The molecule has 0 saturated heterocycles. The largest absolute Gasteiger partial charge is 0.308 e. The number of amides is 1. The molecule has 4 nitrogen and oxygen atoms in total. The first kappa shape index (κ1) is 20.1. The van der Waals surface area contributed by atoms with E-state index >= 15 is 0 Å². The zero-order valence-corrected chi connectivity index (χ0v) is 16.9. The van der Waals surface area contributed by atoms with Gasteiger partial charge in [0.05, 0.1) is 29.6 Å². The zero-order valence-electron chi connectivity index (χ0n) is 15.3. The summed E-state index contributed by atoms with van der Waals surface area (Å²) in [6.07, 6.45) is 0.138. The van der Waals surface area contributed by atoms with E-state index in [1.165, 1.54) is 39.6 Å². The summed E-state index contributed by atoms with van der Waals surface area (Å²) in [7, 11) is 0. The fourth-order valence-corrected chi connectivity index (χ4v) is 4.31. The molecule has 0 saturated carbocycles. The van der Waals surface area contributed by atoms with Crippen LogP contribution in [0.4, 0.5) is 10.1 Å². The van der Waals surface area contributed by atoms with Crippen molar-refractivity contribution in [1.82, 2.24) is 4.98 Å². The number of thiazole rings is 1. The highest BCUT2D eigenvalue weighted by molar-refractivity contribution is 8.01. The minimum Gasteiger partial charge on any atom is -0.308 e. The number of rotatable bonds is 7. The lowest BCUT2D eigenvalue weighted by Crippen LogP contribution is -2.34. The van der Waals surface area contributed by atoms with E-state index in [4.69, 9.17) is 5.26 Å². The van der Waals surface area contributed by atoms with Gasteiger partial charge in [-0.05, 0) is 19.1 Å². The van der Waals surface area contributed by atoms with Gasteiger partial charge in [-0.25, -0.2) is 9.37 Å². The van der Waals surface area contributed by atoms with Gasteiger partial charge in [0, 0.05) is 17.5 Å². The number of nitrogens with zero attached hydrogens (tertiary/aromatic N) is 3.